The fourth-order valence-corrected chi connectivity index (χ4v) is 14.1. The smallest absolute Gasteiger partial charge is 0.159 e. The Bertz CT molecular complexity index is 1300. The molecule has 1 aromatic rings. The lowest BCUT2D eigenvalue weighted by molar-refractivity contribution is -0.276. The van der Waals surface area contributed by atoms with Gasteiger partial charge in [0.05, 0.1) is 0 Å². The number of fused-ring (bicyclic) bond motifs is 7. The molecule has 0 radical (unpaired) electrons. The molecule has 4 saturated carbocycles. The molecule has 0 saturated heterocycles. The van der Waals surface area contributed by atoms with Crippen LogP contribution in [0.15, 0.2) is 42.5 Å². The predicted molar refractivity (Wildman–Crippen MR) is 178 cm³/mol. The number of carbonyl (C=O) groups excluding carboxylic acids is 1. The second-order valence-electron chi connectivity index (χ2n) is 17.3. The third-order valence-electron chi connectivity index (χ3n) is 16.0. The van der Waals surface area contributed by atoms with Gasteiger partial charge in [0.2, 0.25) is 0 Å². The summed E-state index contributed by atoms with van der Waals surface area (Å²) < 4.78 is 0. The molecular formula is C41H60O. The molecule has 42 heavy (non-hydrogen) atoms. The molecule has 0 aliphatic heterocycles. The Labute approximate surface area is 258 Å². The summed E-state index contributed by atoms with van der Waals surface area (Å²) in [6.45, 7) is 27.1. The van der Waals surface area contributed by atoms with Gasteiger partial charge < -0.3 is 0 Å². The molecule has 5 aliphatic rings. The Morgan fingerprint density at radius 1 is 0.810 bits per heavy atom. The van der Waals surface area contributed by atoms with E-state index in [4.69, 9.17) is 0 Å². The molecule has 6 rings (SSSR count). The number of hydrogen-bond acceptors (Lipinski definition) is 1. The van der Waals surface area contributed by atoms with Crippen molar-refractivity contribution in [2.24, 2.45) is 56.2 Å². The summed E-state index contributed by atoms with van der Waals surface area (Å²) in [5, 5.41) is 0. The van der Waals surface area contributed by atoms with E-state index in [2.05, 4.69) is 80.2 Å². The molecule has 1 aromatic carbocycles. The highest BCUT2D eigenvalue weighted by Gasteiger charge is 2.75. The van der Waals surface area contributed by atoms with Crippen LogP contribution in [0.1, 0.15) is 149 Å². The first kappa shape index (κ1) is 30.4. The van der Waals surface area contributed by atoms with E-state index >= 15 is 0 Å². The monoisotopic (exact) mass is 568 g/mol. The number of hydrogen-bond donors (Lipinski definition) is 0. The summed E-state index contributed by atoms with van der Waals surface area (Å²) in [5.74, 6) is 3.13. The van der Waals surface area contributed by atoms with E-state index in [9.17, 15) is 4.79 Å². The van der Waals surface area contributed by atoms with E-state index in [1.807, 2.05) is 12.1 Å². The Kier molecular flexibility index (Phi) is 7.01. The molecule has 0 spiro atoms. The molecule has 230 valence electrons. The lowest BCUT2D eigenvalue weighted by atomic mass is 9.27. The number of allylic oxidation sites excluding steroid dienone is 3. The minimum atomic E-state index is 0.118. The van der Waals surface area contributed by atoms with Gasteiger partial charge >= 0.3 is 0 Å². The maximum atomic E-state index is 12.0. The summed E-state index contributed by atoms with van der Waals surface area (Å²) in [5.41, 5.74) is 7.28. The summed E-state index contributed by atoms with van der Waals surface area (Å²) >= 11 is 0. The lowest BCUT2D eigenvalue weighted by Crippen LogP contribution is -2.70. The van der Waals surface area contributed by atoms with E-state index in [1.165, 1.54) is 87.3 Å². The zero-order valence-electron chi connectivity index (χ0n) is 28.6. The molecule has 0 unspecified atom stereocenters. The summed E-state index contributed by atoms with van der Waals surface area (Å²) in [6, 6.07) is 8.50. The fraction of sp³-hybridized carbons (Fsp3) is 0.732. The molecule has 1 nitrogen and oxygen atoms in total. The highest BCUT2D eigenvalue weighted by molar-refractivity contribution is 5.94. The van der Waals surface area contributed by atoms with Crippen LogP contribution in [0.3, 0.4) is 0 Å². The average Bonchev–Trinajstić information content (AvgIpc) is 3.31. The summed E-state index contributed by atoms with van der Waals surface area (Å²) in [6.07, 6.45) is 17.7. The number of rotatable bonds is 5. The summed E-state index contributed by atoms with van der Waals surface area (Å²) in [4.78, 5) is 12.0. The van der Waals surface area contributed by atoms with Crippen molar-refractivity contribution in [3.63, 3.8) is 0 Å². The van der Waals surface area contributed by atoms with Gasteiger partial charge in [0.1, 0.15) is 0 Å². The van der Waals surface area contributed by atoms with Crippen molar-refractivity contribution >= 4 is 11.4 Å². The second kappa shape index (κ2) is 9.68. The number of benzene rings is 1. The molecule has 4 fully saturated rings. The van der Waals surface area contributed by atoms with E-state index in [-0.39, 0.29) is 11.2 Å². The van der Waals surface area contributed by atoms with Crippen LogP contribution in [0, 0.1) is 56.2 Å². The van der Waals surface area contributed by atoms with Gasteiger partial charge in [-0.25, -0.2) is 0 Å². The quantitative estimate of drug-likeness (QED) is 0.255. The van der Waals surface area contributed by atoms with Crippen molar-refractivity contribution in [3.05, 3.63) is 53.6 Å². The van der Waals surface area contributed by atoms with Crippen LogP contribution in [-0.4, -0.2) is 5.78 Å². The van der Waals surface area contributed by atoms with Crippen LogP contribution >= 0.6 is 0 Å². The van der Waals surface area contributed by atoms with E-state index in [0.717, 1.165) is 17.4 Å². The first-order valence-corrected chi connectivity index (χ1v) is 17.6. The van der Waals surface area contributed by atoms with Crippen molar-refractivity contribution < 1.29 is 4.79 Å². The molecule has 9 atom stereocenters. The molecular weight excluding hydrogens is 508 g/mol. The Hall–Kier alpha value is -1.63. The zero-order valence-corrected chi connectivity index (χ0v) is 28.6. The third-order valence-corrected chi connectivity index (χ3v) is 16.0. The van der Waals surface area contributed by atoms with Gasteiger partial charge in [-0.1, -0.05) is 91.0 Å². The van der Waals surface area contributed by atoms with Crippen LogP contribution in [0.5, 0.6) is 0 Å². The number of ketones is 1. The van der Waals surface area contributed by atoms with E-state index < -0.39 is 0 Å². The zero-order chi connectivity index (χ0) is 30.5. The third kappa shape index (κ3) is 3.64. The predicted octanol–water partition coefficient (Wildman–Crippen LogP) is 11.7. The van der Waals surface area contributed by atoms with Gasteiger partial charge in [-0.3, -0.25) is 4.79 Å². The number of Topliss-reactive ketones (excluding diaryl/α,β-unsaturated/α-hetero) is 1. The Morgan fingerprint density at radius 2 is 1.43 bits per heavy atom. The van der Waals surface area contributed by atoms with Gasteiger partial charge in [-0.2, -0.15) is 0 Å². The van der Waals surface area contributed by atoms with Crippen molar-refractivity contribution in [3.8, 4) is 0 Å². The van der Waals surface area contributed by atoms with E-state index in [0.29, 0.717) is 38.9 Å². The van der Waals surface area contributed by atoms with Gasteiger partial charge in [0, 0.05) is 5.56 Å². The highest BCUT2D eigenvalue weighted by Crippen LogP contribution is 2.82. The Balaban J connectivity index is 1.43. The van der Waals surface area contributed by atoms with Crippen LogP contribution < -0.4 is 0 Å². The van der Waals surface area contributed by atoms with Crippen molar-refractivity contribution in [2.75, 3.05) is 0 Å². The topological polar surface area (TPSA) is 17.1 Å². The van der Waals surface area contributed by atoms with Crippen molar-refractivity contribution in [1.82, 2.24) is 0 Å². The molecule has 0 bridgehead atoms. The molecule has 0 N–H and O–H groups in total. The van der Waals surface area contributed by atoms with Crippen LogP contribution in [-0.2, 0) is 0 Å². The highest BCUT2D eigenvalue weighted by atomic mass is 16.1. The molecule has 5 aliphatic carbocycles. The minimum absolute atomic E-state index is 0.118. The largest absolute Gasteiger partial charge is 0.295 e. The van der Waals surface area contributed by atoms with Gasteiger partial charge in [0.15, 0.2) is 5.78 Å². The molecule has 1 heteroatoms. The maximum Gasteiger partial charge on any atom is 0.159 e. The fourth-order valence-electron chi connectivity index (χ4n) is 14.1. The average molecular weight is 569 g/mol. The first-order valence-electron chi connectivity index (χ1n) is 17.6. The van der Waals surface area contributed by atoms with Crippen LogP contribution in [0.2, 0.25) is 0 Å². The first-order chi connectivity index (χ1) is 19.7. The number of carbonyl (C=O) groups is 1. The maximum absolute atomic E-state index is 12.0. The SMILES string of the molecule is C=C(C)[C@@H]1CC[C@]2(C)CC[C@@]3(C)[C@]4(CC)CC[C@H]5C(C)(C)C(c6ccc(C(C)=O)cc6)=CC[C@]5(C)[C@H]4CC[C@]3(CC)[C@@H]12. The van der Waals surface area contributed by atoms with Crippen LogP contribution in [0.4, 0.5) is 0 Å². The van der Waals surface area contributed by atoms with Gasteiger partial charge in [-0.05, 0) is 152 Å². The minimum Gasteiger partial charge on any atom is -0.295 e. The van der Waals surface area contributed by atoms with Crippen molar-refractivity contribution in [1.29, 1.82) is 0 Å². The molecule has 0 heterocycles. The van der Waals surface area contributed by atoms with Gasteiger partial charge in [-0.15, -0.1) is 0 Å². The molecule has 0 amide bonds. The summed E-state index contributed by atoms with van der Waals surface area (Å²) in [7, 11) is 0. The Morgan fingerprint density at radius 3 is 2.02 bits per heavy atom. The lowest BCUT2D eigenvalue weighted by Gasteiger charge is -2.77. The second-order valence-corrected chi connectivity index (χ2v) is 17.3. The van der Waals surface area contributed by atoms with Gasteiger partial charge in [0.25, 0.3) is 0 Å². The van der Waals surface area contributed by atoms with Crippen molar-refractivity contribution in [2.45, 2.75) is 133 Å². The van der Waals surface area contributed by atoms with E-state index in [1.54, 1.807) is 6.92 Å². The van der Waals surface area contributed by atoms with Crippen LogP contribution in [0.25, 0.3) is 5.57 Å². The normalized spacial score (nSPS) is 45.6. The standard InChI is InChI=1S/C41H60O/c1-11-40-23-19-33-36(6,7)32(30-15-13-29(14-16-30)28(5)42)18-22-38(33,9)34(40)20-24-41(12-2)35-31(27(3)4)17-21-37(35,8)25-26-39(40,41)10/h13-16,18,31,33-35H,3,11-12,17,19-26H2,1-2,4-10H3/t31-,33-,34+,35-,37+,38-,39-,40+,41+/m0/s1. The molecule has 0 aromatic heterocycles.